The number of hydrogen-bond acceptors (Lipinski definition) is 2. The Balaban J connectivity index is 0.00000729. The van der Waals surface area contributed by atoms with Gasteiger partial charge in [0.2, 0.25) is 0 Å². The summed E-state index contributed by atoms with van der Waals surface area (Å²) in [5, 5.41) is 0. The van der Waals surface area contributed by atoms with Crippen LogP contribution >= 0.6 is 23.5 Å². The maximum atomic E-state index is 3.44. The Morgan fingerprint density at radius 2 is 1.64 bits per heavy atom. The van der Waals surface area contributed by atoms with Crippen molar-refractivity contribution >= 4 is 36.5 Å². The van der Waals surface area contributed by atoms with Gasteiger partial charge >= 0.3 is 18.9 Å². The second-order valence-corrected chi connectivity index (χ2v) is 14.7. The Morgan fingerprint density at radius 3 is 2.25 bits per heavy atom. The molecule has 0 aliphatic rings. The van der Waals surface area contributed by atoms with E-state index in [4.69, 9.17) is 0 Å². The minimum atomic E-state index is -1.33. The van der Waals surface area contributed by atoms with Gasteiger partial charge in [0.25, 0.3) is 0 Å². The molecule has 1 aromatic carbocycles. The van der Waals surface area contributed by atoms with Gasteiger partial charge in [0.1, 0.15) is 8.07 Å². The molecule has 0 spiro atoms. The second kappa shape index (κ2) is 16.6. The van der Waals surface area contributed by atoms with E-state index in [1.54, 1.807) is 0 Å². The maximum Gasteiger partial charge on any atom is 1.00 e. The molecule has 0 N–H and O–H groups in total. The molecule has 4 heteroatoms. The summed E-state index contributed by atoms with van der Waals surface area (Å²) in [4.78, 5) is 1.21. The van der Waals surface area contributed by atoms with Gasteiger partial charge in [-0.05, 0) is 30.1 Å². The fourth-order valence-corrected chi connectivity index (χ4v) is 4.79. The molecule has 0 aromatic heterocycles. The third-order valence-electron chi connectivity index (χ3n) is 3.70. The molecular formula is C24H35LiS2Si. The van der Waals surface area contributed by atoms with Crippen LogP contribution in [0.4, 0.5) is 0 Å². The molecule has 0 saturated heterocycles. The van der Waals surface area contributed by atoms with Gasteiger partial charge in [0.15, 0.2) is 0 Å². The molecule has 0 aliphatic carbocycles. The Morgan fingerprint density at radius 1 is 0.964 bits per heavy atom. The zero-order valence-corrected chi connectivity index (χ0v) is 21.4. The Labute approximate surface area is 196 Å². The van der Waals surface area contributed by atoms with Gasteiger partial charge in [-0.3, -0.25) is 0 Å². The second-order valence-electron chi connectivity index (χ2n) is 7.63. The van der Waals surface area contributed by atoms with Crippen molar-refractivity contribution in [1.82, 2.24) is 0 Å². The molecule has 0 fully saturated rings. The normalized spacial score (nSPS) is 10.3. The van der Waals surface area contributed by atoms with E-state index in [2.05, 4.69) is 92.8 Å². The minimum absolute atomic E-state index is 0. The zero-order chi connectivity index (χ0) is 20.0. The predicted molar refractivity (Wildman–Crippen MR) is 131 cm³/mol. The van der Waals surface area contributed by atoms with E-state index < -0.39 is 8.07 Å². The molecule has 0 bridgehead atoms. The van der Waals surface area contributed by atoms with Gasteiger partial charge < -0.3 is 5.73 Å². The summed E-state index contributed by atoms with van der Waals surface area (Å²) in [5.74, 6) is 6.94. The Hall–Kier alpha value is -0.186. The molecule has 0 radical (unpaired) electrons. The smallest absolute Gasteiger partial charge is 0.317 e. The summed E-state index contributed by atoms with van der Waals surface area (Å²) in [5.41, 5.74) is 9.23. The van der Waals surface area contributed by atoms with Gasteiger partial charge in [-0.2, -0.15) is 11.8 Å². The summed E-state index contributed by atoms with van der Waals surface area (Å²) in [7, 11) is -1.33. The molecule has 0 amide bonds. The molecule has 0 heterocycles. The average Bonchev–Trinajstić information content (AvgIpc) is 2.64. The molecule has 1 rings (SSSR count). The van der Waals surface area contributed by atoms with Crippen molar-refractivity contribution in [2.75, 3.05) is 17.3 Å². The van der Waals surface area contributed by atoms with Gasteiger partial charge in [0, 0.05) is 11.3 Å². The van der Waals surface area contributed by atoms with Crippen LogP contribution in [0.3, 0.4) is 0 Å². The van der Waals surface area contributed by atoms with E-state index >= 15 is 0 Å². The van der Waals surface area contributed by atoms with Crippen molar-refractivity contribution in [3.63, 3.8) is 0 Å². The molecule has 0 nitrogen and oxygen atoms in total. The first kappa shape index (κ1) is 27.8. The first-order valence-corrected chi connectivity index (χ1v) is 15.8. The van der Waals surface area contributed by atoms with Crippen LogP contribution in [-0.2, 0) is 0 Å². The summed E-state index contributed by atoms with van der Waals surface area (Å²) in [6.45, 7) is 11.3. The fraction of sp³-hybridized carbons (Fsp3) is 0.542. The first-order chi connectivity index (χ1) is 13.0. The van der Waals surface area contributed by atoms with Crippen LogP contribution in [-0.4, -0.2) is 25.3 Å². The van der Waals surface area contributed by atoms with Crippen LogP contribution in [0.2, 0.25) is 19.6 Å². The van der Waals surface area contributed by atoms with Crippen LogP contribution in [0, 0.1) is 17.5 Å². The number of benzene rings is 1. The van der Waals surface area contributed by atoms with E-state index in [0.717, 1.165) is 17.7 Å². The average molecular weight is 423 g/mol. The van der Waals surface area contributed by atoms with Crippen molar-refractivity contribution in [1.29, 1.82) is 0 Å². The van der Waals surface area contributed by atoms with Crippen LogP contribution in [0.1, 0.15) is 57.1 Å². The number of thioether (sulfide) groups is 2. The van der Waals surface area contributed by atoms with Crippen molar-refractivity contribution in [3.8, 4) is 11.5 Å². The number of allylic oxidation sites excluding steroid dienone is 1. The van der Waals surface area contributed by atoms with Crippen molar-refractivity contribution < 1.29 is 18.9 Å². The third-order valence-corrected chi connectivity index (χ3v) is 6.94. The van der Waals surface area contributed by atoms with Gasteiger partial charge in [0.05, 0.1) is 0 Å². The molecule has 0 aliphatic heterocycles. The SMILES string of the molecule is CCCC[C-]=C=C(SCCSCCCC)c1ccc(C#C[Si](C)(C)C)cc1.[Li+]. The van der Waals surface area contributed by atoms with Crippen molar-refractivity contribution in [2.45, 2.75) is 65.6 Å². The van der Waals surface area contributed by atoms with Gasteiger partial charge in [-0.1, -0.05) is 81.3 Å². The maximum absolute atomic E-state index is 3.44. The summed E-state index contributed by atoms with van der Waals surface area (Å²) >= 11 is 3.97. The first-order valence-electron chi connectivity index (χ1n) is 10.2. The zero-order valence-electron chi connectivity index (χ0n) is 18.8. The standard InChI is InChI=1S/C24H35S2Si.Li/c1-6-8-10-11-12-24(26-20-19-25-18-9-7-2)23-15-13-22(14-16-23)17-21-27(3,4)5;/h13-16H,6-10,18-20H2,1-5H3;/q-1;+1. The van der Waals surface area contributed by atoms with E-state index in [0.29, 0.717) is 0 Å². The largest absolute Gasteiger partial charge is 1.00 e. The molecule has 28 heavy (non-hydrogen) atoms. The van der Waals surface area contributed by atoms with E-state index in [-0.39, 0.29) is 18.9 Å². The summed E-state index contributed by atoms with van der Waals surface area (Å²) < 4.78 is 0. The van der Waals surface area contributed by atoms with E-state index in [9.17, 15) is 0 Å². The number of rotatable bonds is 11. The monoisotopic (exact) mass is 422 g/mol. The molecule has 0 unspecified atom stereocenters. The quantitative estimate of drug-likeness (QED) is 0.167. The molecule has 148 valence electrons. The summed E-state index contributed by atoms with van der Waals surface area (Å²) in [6, 6.07) is 8.67. The van der Waals surface area contributed by atoms with Crippen molar-refractivity contribution in [2.24, 2.45) is 0 Å². The summed E-state index contributed by atoms with van der Waals surface area (Å²) in [6.07, 6.45) is 9.36. The topological polar surface area (TPSA) is 0 Å². The van der Waals surface area contributed by atoms with Gasteiger partial charge in [-0.25, -0.2) is 17.8 Å². The molecule has 1 aromatic rings. The minimum Gasteiger partial charge on any atom is -0.317 e. The fourth-order valence-electron chi connectivity index (χ4n) is 2.12. The van der Waals surface area contributed by atoms with Crippen LogP contribution in [0.5, 0.6) is 0 Å². The molecule has 0 saturated carbocycles. The van der Waals surface area contributed by atoms with Crippen LogP contribution in [0.15, 0.2) is 30.0 Å². The van der Waals surface area contributed by atoms with Gasteiger partial charge in [-0.15, -0.1) is 12.0 Å². The number of hydrogen-bond donors (Lipinski definition) is 0. The number of unbranched alkanes of at least 4 members (excludes halogenated alkanes) is 3. The third kappa shape index (κ3) is 13.9. The van der Waals surface area contributed by atoms with Crippen LogP contribution in [0.25, 0.3) is 4.91 Å². The Bertz CT molecular complexity index is 657. The Kier molecular flexibility index (Phi) is 16.5. The molecular weight excluding hydrogens is 387 g/mol. The van der Waals surface area contributed by atoms with Crippen molar-refractivity contribution in [3.05, 3.63) is 47.2 Å². The predicted octanol–water partition coefficient (Wildman–Crippen LogP) is 4.68. The van der Waals surface area contributed by atoms with E-state index in [1.165, 1.54) is 47.7 Å². The molecule has 0 atom stereocenters. The van der Waals surface area contributed by atoms with E-state index in [1.807, 2.05) is 11.8 Å². The van der Waals surface area contributed by atoms with Crippen LogP contribution < -0.4 is 18.9 Å².